The minimum Gasteiger partial charge on any atom is -0.497 e. The largest absolute Gasteiger partial charge is 0.497 e. The van der Waals surface area contributed by atoms with Crippen LogP contribution in [0.15, 0.2) is 124 Å². The summed E-state index contributed by atoms with van der Waals surface area (Å²) in [4.78, 5) is 32.9. The molecule has 1 aliphatic heterocycles. The van der Waals surface area contributed by atoms with E-state index in [9.17, 15) is 9.59 Å². The molecule has 9 heteroatoms. The highest BCUT2D eigenvalue weighted by Gasteiger charge is 2.32. The molecule has 0 radical (unpaired) electrons. The highest BCUT2D eigenvalue weighted by Crippen LogP contribution is 2.31. The molecule has 1 aliphatic rings. The second-order valence-electron chi connectivity index (χ2n) is 10.3. The van der Waals surface area contributed by atoms with Gasteiger partial charge in [-0.05, 0) is 78.2 Å². The minimum absolute atomic E-state index is 0.238. The predicted molar refractivity (Wildman–Crippen MR) is 174 cm³/mol. The van der Waals surface area contributed by atoms with Crippen LogP contribution in [0.1, 0.15) is 35.2 Å². The Hall–Kier alpha value is -5.72. The fourth-order valence-electron chi connectivity index (χ4n) is 5.09. The summed E-state index contributed by atoms with van der Waals surface area (Å²) < 4.78 is 13.3. The van der Waals surface area contributed by atoms with Crippen LogP contribution in [0, 0.1) is 11.3 Å². The third-order valence-electron chi connectivity index (χ3n) is 7.40. The van der Waals surface area contributed by atoms with Gasteiger partial charge in [-0.3, -0.25) is 14.2 Å². The number of anilines is 1. The first-order valence-corrected chi connectivity index (χ1v) is 15.0. The van der Waals surface area contributed by atoms with E-state index in [2.05, 4.69) is 11.4 Å². The lowest BCUT2D eigenvalue weighted by atomic mass is 9.95. The molecule has 0 bridgehead atoms. The Kier molecular flexibility index (Phi) is 8.40. The van der Waals surface area contributed by atoms with E-state index in [1.807, 2.05) is 97.1 Å². The first-order chi connectivity index (χ1) is 21.9. The van der Waals surface area contributed by atoms with Crippen molar-refractivity contribution in [3.63, 3.8) is 0 Å². The number of rotatable bonds is 8. The van der Waals surface area contributed by atoms with E-state index >= 15 is 0 Å². The van der Waals surface area contributed by atoms with Crippen LogP contribution < -0.4 is 29.7 Å². The van der Waals surface area contributed by atoms with Gasteiger partial charge in [0.15, 0.2) is 4.80 Å². The maximum Gasteiger partial charge on any atom is 0.271 e. The monoisotopic (exact) mass is 612 g/mol. The number of carbonyl (C=O) groups excluding carboxylic acids is 1. The molecule has 1 aromatic heterocycles. The van der Waals surface area contributed by atoms with Gasteiger partial charge in [0.05, 0.1) is 40.6 Å². The van der Waals surface area contributed by atoms with E-state index in [1.54, 1.807) is 30.7 Å². The van der Waals surface area contributed by atoms with Gasteiger partial charge in [-0.2, -0.15) is 5.26 Å². The average molecular weight is 613 g/mol. The third kappa shape index (κ3) is 6.32. The number of allylic oxidation sites excluding steroid dienone is 1. The van der Waals surface area contributed by atoms with E-state index in [0.29, 0.717) is 50.0 Å². The molecule has 0 saturated carbocycles. The van der Waals surface area contributed by atoms with Gasteiger partial charge in [-0.25, -0.2) is 4.99 Å². The Morgan fingerprint density at radius 2 is 1.67 bits per heavy atom. The number of hydrogen-bond acceptors (Lipinski definition) is 7. The van der Waals surface area contributed by atoms with E-state index in [-0.39, 0.29) is 11.5 Å². The van der Waals surface area contributed by atoms with Crippen LogP contribution in [-0.2, 0) is 11.4 Å². The second-order valence-corrected chi connectivity index (χ2v) is 11.4. The van der Waals surface area contributed by atoms with Crippen molar-refractivity contribution in [3.8, 4) is 17.6 Å². The molecule has 2 heterocycles. The Morgan fingerprint density at radius 1 is 0.978 bits per heavy atom. The first kappa shape index (κ1) is 29.4. The molecule has 8 nitrogen and oxygen atoms in total. The van der Waals surface area contributed by atoms with E-state index in [1.165, 1.54) is 11.3 Å². The number of para-hydroxylation sites is 1. The number of hydrogen-bond donors (Lipinski definition) is 1. The Labute approximate surface area is 263 Å². The van der Waals surface area contributed by atoms with Crippen molar-refractivity contribution in [2.24, 2.45) is 4.99 Å². The Balaban J connectivity index is 1.32. The number of aromatic nitrogens is 1. The van der Waals surface area contributed by atoms with Crippen LogP contribution in [-0.4, -0.2) is 17.6 Å². The third-order valence-corrected chi connectivity index (χ3v) is 8.38. The van der Waals surface area contributed by atoms with Gasteiger partial charge in [0.1, 0.15) is 18.1 Å². The molecule has 45 heavy (non-hydrogen) atoms. The number of fused-ring (bicyclic) bond motifs is 1. The summed E-state index contributed by atoms with van der Waals surface area (Å²) in [6.45, 7) is 2.17. The smallest absolute Gasteiger partial charge is 0.271 e. The first-order valence-electron chi connectivity index (χ1n) is 14.2. The summed E-state index contributed by atoms with van der Waals surface area (Å²) in [5.74, 6) is 1.03. The van der Waals surface area contributed by atoms with E-state index < -0.39 is 6.04 Å². The minimum atomic E-state index is -0.684. The summed E-state index contributed by atoms with van der Waals surface area (Å²) in [7, 11) is 1.59. The number of nitrogens with zero attached hydrogens (tertiary/aromatic N) is 3. The van der Waals surface area contributed by atoms with Gasteiger partial charge < -0.3 is 14.8 Å². The van der Waals surface area contributed by atoms with Crippen molar-refractivity contribution in [2.45, 2.75) is 19.6 Å². The van der Waals surface area contributed by atoms with E-state index in [0.717, 1.165) is 16.7 Å². The zero-order valence-electron chi connectivity index (χ0n) is 24.6. The molecule has 0 aliphatic carbocycles. The van der Waals surface area contributed by atoms with Gasteiger partial charge >= 0.3 is 0 Å². The number of thiazole rings is 1. The molecule has 0 saturated heterocycles. The molecule has 0 fully saturated rings. The fraction of sp³-hybridized carbons (Fsp3) is 0.111. The Morgan fingerprint density at radius 3 is 2.33 bits per heavy atom. The van der Waals surface area contributed by atoms with Gasteiger partial charge in [-0.15, -0.1) is 0 Å². The summed E-state index contributed by atoms with van der Waals surface area (Å²) >= 11 is 1.28. The van der Waals surface area contributed by atoms with Crippen LogP contribution >= 0.6 is 11.3 Å². The highest BCUT2D eigenvalue weighted by atomic mass is 32.1. The number of methoxy groups -OCH3 is 1. The van der Waals surface area contributed by atoms with Crippen molar-refractivity contribution in [3.05, 3.63) is 156 Å². The number of benzene rings is 4. The molecule has 5 aromatic rings. The molecule has 222 valence electrons. The lowest BCUT2D eigenvalue weighted by Gasteiger charge is -2.25. The number of carbonyl (C=O) groups is 1. The lowest BCUT2D eigenvalue weighted by Crippen LogP contribution is -2.40. The topological polar surface area (TPSA) is 106 Å². The van der Waals surface area contributed by atoms with Crippen molar-refractivity contribution in [1.29, 1.82) is 5.26 Å². The number of ether oxygens (including phenoxy) is 2. The number of amides is 1. The summed E-state index contributed by atoms with van der Waals surface area (Å²) in [5.41, 5.74) is 4.50. The van der Waals surface area contributed by atoms with E-state index in [4.69, 9.17) is 19.7 Å². The number of nitriles is 1. The summed E-state index contributed by atoms with van der Waals surface area (Å²) in [6, 6.07) is 32.7. The maximum absolute atomic E-state index is 14.0. The quantitative estimate of drug-likeness (QED) is 0.255. The molecule has 0 unspecified atom stereocenters. The maximum atomic E-state index is 14.0. The molecule has 0 spiro atoms. The zero-order chi connectivity index (χ0) is 31.3. The highest BCUT2D eigenvalue weighted by molar-refractivity contribution is 7.07. The van der Waals surface area contributed by atoms with Gasteiger partial charge in [-0.1, -0.05) is 65.9 Å². The predicted octanol–water partition coefficient (Wildman–Crippen LogP) is 5.33. The van der Waals surface area contributed by atoms with Gasteiger partial charge in [0.2, 0.25) is 0 Å². The molecule has 1 amide bonds. The molecule has 6 rings (SSSR count). The molecule has 4 aromatic carbocycles. The number of nitrogens with one attached hydrogen (secondary N) is 1. The van der Waals surface area contributed by atoms with Gasteiger partial charge in [0.25, 0.3) is 11.5 Å². The zero-order valence-corrected chi connectivity index (χ0v) is 25.4. The summed E-state index contributed by atoms with van der Waals surface area (Å²) in [6.07, 6.45) is 1.82. The van der Waals surface area contributed by atoms with Crippen LogP contribution in [0.3, 0.4) is 0 Å². The van der Waals surface area contributed by atoms with Crippen molar-refractivity contribution < 1.29 is 14.3 Å². The SMILES string of the molecule is COc1ccc([C@H]2C(C(=O)Nc3ccccc3)=C(C)N=c3s/c(=C/c4ccc(OCc5ccc(C#N)cc5)cc4)c(=O)n32)cc1. The standard InChI is InChI=1S/C36H28N4O4S/c1-23-32(34(41)39-28-6-4-3-5-7-28)33(27-14-18-29(43-2)19-15-27)40-35(42)31(45-36(40)38-23)20-24-12-16-30(17-13-24)44-22-26-10-8-25(21-37)9-11-26/h3-20,33H,22H2,1-2H3,(H,39,41)/b31-20+/t33-/m0/s1. The molecule has 1 atom stereocenters. The van der Waals surface area contributed by atoms with Crippen LogP contribution in [0.25, 0.3) is 6.08 Å². The average Bonchev–Trinajstić information content (AvgIpc) is 3.38. The van der Waals surface area contributed by atoms with Crippen molar-refractivity contribution in [2.75, 3.05) is 12.4 Å². The van der Waals surface area contributed by atoms with Crippen molar-refractivity contribution >= 4 is 29.0 Å². The van der Waals surface area contributed by atoms with Crippen LogP contribution in [0.4, 0.5) is 5.69 Å². The van der Waals surface area contributed by atoms with Gasteiger partial charge in [0, 0.05) is 5.69 Å². The second kappa shape index (κ2) is 12.9. The summed E-state index contributed by atoms with van der Waals surface area (Å²) in [5, 5.41) is 11.9. The normalized spacial score (nSPS) is 14.2. The molecular weight excluding hydrogens is 584 g/mol. The van der Waals surface area contributed by atoms with Crippen LogP contribution in [0.2, 0.25) is 0 Å². The van der Waals surface area contributed by atoms with Crippen molar-refractivity contribution in [1.82, 2.24) is 4.57 Å². The Bertz CT molecular complexity index is 2110. The fourth-order valence-corrected chi connectivity index (χ4v) is 6.13. The molecule has 1 N–H and O–H groups in total. The molecular formula is C36H28N4O4S. The lowest BCUT2D eigenvalue weighted by molar-refractivity contribution is -0.113. The van der Waals surface area contributed by atoms with Crippen LogP contribution in [0.5, 0.6) is 11.5 Å².